The zero-order chi connectivity index (χ0) is 24.4. The van der Waals surface area contributed by atoms with E-state index in [-0.39, 0.29) is 11.3 Å². The molecule has 6 rings (SSSR count). The topological polar surface area (TPSA) is 133 Å². The van der Waals surface area contributed by atoms with Crippen LogP contribution in [0.2, 0.25) is 0 Å². The number of nitrogens with zero attached hydrogens (tertiary/aromatic N) is 4. The van der Waals surface area contributed by atoms with Crippen molar-refractivity contribution in [2.75, 3.05) is 41.7 Å². The molecule has 0 atom stereocenters. The number of hydrogen-bond acceptors (Lipinski definition) is 8. The van der Waals surface area contributed by atoms with Gasteiger partial charge in [-0.3, -0.25) is 4.79 Å². The third-order valence-corrected chi connectivity index (χ3v) is 6.97. The van der Waals surface area contributed by atoms with Crippen molar-refractivity contribution in [1.82, 2.24) is 14.9 Å². The highest BCUT2D eigenvalue weighted by atomic mass is 16.5. The summed E-state index contributed by atoms with van der Waals surface area (Å²) in [7, 11) is 0. The Morgan fingerprint density at radius 3 is 2.83 bits per heavy atom. The first-order valence-corrected chi connectivity index (χ1v) is 11.6. The van der Waals surface area contributed by atoms with Crippen molar-refractivity contribution in [2.45, 2.75) is 32.3 Å². The number of carbonyl (C=O) groups is 2. The van der Waals surface area contributed by atoms with Gasteiger partial charge in [-0.15, -0.1) is 0 Å². The van der Waals surface area contributed by atoms with Crippen LogP contribution < -0.4 is 20.3 Å². The number of anilines is 4. The fourth-order valence-electron chi connectivity index (χ4n) is 5.18. The predicted molar refractivity (Wildman–Crippen MR) is 128 cm³/mol. The number of nitrogens with one attached hydrogen (secondary N) is 2. The van der Waals surface area contributed by atoms with Crippen molar-refractivity contribution in [3.63, 3.8) is 0 Å². The van der Waals surface area contributed by atoms with E-state index in [2.05, 4.69) is 20.5 Å². The fraction of sp³-hybridized carbons (Fsp3) is 0.417. The highest BCUT2D eigenvalue weighted by molar-refractivity contribution is 6.00. The highest BCUT2D eigenvalue weighted by Gasteiger charge is 2.48. The maximum absolute atomic E-state index is 12.3. The first-order chi connectivity index (χ1) is 16.7. The summed E-state index contributed by atoms with van der Waals surface area (Å²) in [5.74, 6) is 1.46. The number of carbonyl (C=O) groups excluding carboxylic acids is 1. The molecule has 35 heavy (non-hydrogen) atoms. The lowest BCUT2D eigenvalue weighted by molar-refractivity contribution is -0.129. The number of aromatic nitrogens is 2. The molecule has 2 amide bonds. The van der Waals surface area contributed by atoms with Crippen LogP contribution in [-0.2, 0) is 4.79 Å². The predicted octanol–water partition coefficient (Wildman–Crippen LogP) is 3.66. The van der Waals surface area contributed by atoms with Gasteiger partial charge in [0.1, 0.15) is 11.3 Å². The fourth-order valence-corrected chi connectivity index (χ4v) is 5.18. The molecule has 1 aromatic carbocycles. The number of amides is 2. The molecule has 11 nitrogen and oxygen atoms in total. The van der Waals surface area contributed by atoms with Crippen molar-refractivity contribution < 1.29 is 23.8 Å². The average Bonchev–Trinajstić information content (AvgIpc) is 3.26. The van der Waals surface area contributed by atoms with Gasteiger partial charge in [0.15, 0.2) is 17.0 Å². The van der Waals surface area contributed by atoms with Gasteiger partial charge in [-0.2, -0.15) is 4.98 Å². The third-order valence-electron chi connectivity index (χ3n) is 6.97. The Morgan fingerprint density at radius 2 is 2.03 bits per heavy atom. The number of piperidine rings is 1. The van der Waals surface area contributed by atoms with Crippen molar-refractivity contribution >= 4 is 46.2 Å². The van der Waals surface area contributed by atoms with Crippen molar-refractivity contribution in [3.05, 3.63) is 30.5 Å². The van der Waals surface area contributed by atoms with Crippen LogP contribution in [0.3, 0.4) is 0 Å². The molecule has 5 heterocycles. The summed E-state index contributed by atoms with van der Waals surface area (Å²) < 4.78 is 11.5. The molecule has 1 spiro atoms. The first-order valence-electron chi connectivity index (χ1n) is 11.6. The molecule has 0 radical (unpaired) electrons. The van der Waals surface area contributed by atoms with E-state index in [0.29, 0.717) is 66.2 Å². The molecule has 0 unspecified atom stereocenters. The van der Waals surface area contributed by atoms with Crippen LogP contribution >= 0.6 is 0 Å². The molecule has 11 heteroatoms. The third kappa shape index (κ3) is 3.67. The smallest absolute Gasteiger partial charge is 0.407 e. The maximum atomic E-state index is 12.3. The Morgan fingerprint density at radius 1 is 1.20 bits per heavy atom. The van der Waals surface area contributed by atoms with Gasteiger partial charge in [-0.05, 0) is 44.9 Å². The molecular weight excluding hydrogens is 452 g/mol. The van der Waals surface area contributed by atoms with Crippen molar-refractivity contribution in [2.24, 2.45) is 5.41 Å². The lowest BCUT2D eigenvalue weighted by Gasteiger charge is -2.54. The minimum absolute atomic E-state index is 0.0570. The summed E-state index contributed by atoms with van der Waals surface area (Å²) in [6.45, 7) is 5.99. The first kappa shape index (κ1) is 21.5. The Kier molecular flexibility index (Phi) is 4.60. The summed E-state index contributed by atoms with van der Waals surface area (Å²) in [5.41, 5.74) is 1.56. The summed E-state index contributed by atoms with van der Waals surface area (Å²) in [5, 5.41) is 15.5. The monoisotopic (exact) mass is 478 g/mol. The van der Waals surface area contributed by atoms with Gasteiger partial charge >= 0.3 is 6.09 Å². The molecule has 3 aromatic rings. The molecule has 3 aliphatic heterocycles. The average molecular weight is 479 g/mol. The molecular formula is C24H26N6O5. The second-order valence-electron chi connectivity index (χ2n) is 10.1. The minimum atomic E-state index is -0.930. The van der Waals surface area contributed by atoms with E-state index in [9.17, 15) is 14.7 Å². The highest BCUT2D eigenvalue weighted by Crippen LogP contribution is 2.43. The molecule has 0 aliphatic carbocycles. The Labute approximate surface area is 201 Å². The van der Waals surface area contributed by atoms with Gasteiger partial charge in [-0.1, -0.05) is 0 Å². The molecule has 2 aromatic heterocycles. The second kappa shape index (κ2) is 7.49. The summed E-state index contributed by atoms with van der Waals surface area (Å²) >= 11 is 0. The van der Waals surface area contributed by atoms with Crippen LogP contribution in [-0.4, -0.2) is 63.8 Å². The minimum Gasteiger partial charge on any atom is -0.476 e. The molecule has 0 bridgehead atoms. The Bertz CT molecular complexity index is 1350. The molecule has 2 fully saturated rings. The van der Waals surface area contributed by atoms with E-state index in [0.717, 1.165) is 12.8 Å². The zero-order valence-corrected chi connectivity index (χ0v) is 19.5. The summed E-state index contributed by atoms with van der Waals surface area (Å²) in [6, 6.07) is 7.21. The standard InChI is InChI=1S/C24H26N6O5/c1-23(2)20(31)26-16-10-14(4-5-17(16)35-23)25-21-27-15-6-9-34-18(15)19(28-21)30-12-24(13-30)7-3-8-29(11-24)22(32)33/h4-6,9-10H,3,7-8,11-13H2,1-2H3,(H,26,31)(H,32,33)(H,25,27,28). The second-order valence-corrected chi connectivity index (χ2v) is 10.1. The van der Waals surface area contributed by atoms with Gasteiger partial charge in [0.05, 0.1) is 12.0 Å². The van der Waals surface area contributed by atoms with Gasteiger partial charge in [0.25, 0.3) is 5.91 Å². The Hall–Kier alpha value is -4.02. The molecule has 2 saturated heterocycles. The number of ether oxygens (including phenoxy) is 1. The number of hydrogen-bond donors (Lipinski definition) is 3. The number of benzene rings is 1. The lowest BCUT2D eigenvalue weighted by Crippen LogP contribution is -2.63. The quantitative estimate of drug-likeness (QED) is 0.516. The van der Waals surface area contributed by atoms with Crippen LogP contribution in [0.1, 0.15) is 26.7 Å². The summed E-state index contributed by atoms with van der Waals surface area (Å²) in [4.78, 5) is 36.7. The Balaban J connectivity index is 1.25. The largest absolute Gasteiger partial charge is 0.476 e. The summed E-state index contributed by atoms with van der Waals surface area (Å²) in [6.07, 6.45) is 2.58. The van der Waals surface area contributed by atoms with Crippen molar-refractivity contribution in [3.8, 4) is 5.75 Å². The van der Waals surface area contributed by atoms with Crippen LogP contribution in [0.25, 0.3) is 11.1 Å². The number of furan rings is 1. The molecule has 0 saturated carbocycles. The lowest BCUT2D eigenvalue weighted by atomic mass is 9.73. The van der Waals surface area contributed by atoms with E-state index in [4.69, 9.17) is 14.1 Å². The van der Waals surface area contributed by atoms with E-state index in [1.54, 1.807) is 38.3 Å². The maximum Gasteiger partial charge on any atom is 0.407 e. The van der Waals surface area contributed by atoms with Gasteiger partial charge in [0.2, 0.25) is 5.95 Å². The van der Waals surface area contributed by atoms with Crippen LogP contribution in [0.5, 0.6) is 5.75 Å². The molecule has 3 aliphatic rings. The number of carboxylic acid groups (broad SMARTS) is 1. The number of rotatable bonds is 3. The number of likely N-dealkylation sites (tertiary alicyclic amines) is 1. The van der Waals surface area contributed by atoms with Gasteiger partial charge in [0, 0.05) is 43.3 Å². The van der Waals surface area contributed by atoms with E-state index >= 15 is 0 Å². The van der Waals surface area contributed by atoms with Crippen molar-refractivity contribution in [1.29, 1.82) is 0 Å². The van der Waals surface area contributed by atoms with Crippen LogP contribution in [0, 0.1) is 5.41 Å². The van der Waals surface area contributed by atoms with E-state index in [1.165, 1.54) is 4.90 Å². The normalized spacial score (nSPS) is 20.1. The van der Waals surface area contributed by atoms with E-state index < -0.39 is 11.7 Å². The van der Waals surface area contributed by atoms with Gasteiger partial charge in [-0.25, -0.2) is 9.78 Å². The molecule has 182 valence electrons. The molecule has 3 N–H and O–H groups in total. The number of fused-ring (bicyclic) bond motifs is 2. The van der Waals surface area contributed by atoms with E-state index in [1.807, 2.05) is 6.07 Å². The van der Waals surface area contributed by atoms with Crippen LogP contribution in [0.15, 0.2) is 34.9 Å². The SMILES string of the molecule is CC1(C)Oc2ccc(Nc3nc(N4CC5(CCCN(C(=O)O)C5)C4)c4occc4n3)cc2NC1=O. The van der Waals surface area contributed by atoms with Gasteiger partial charge < -0.3 is 34.7 Å². The van der Waals surface area contributed by atoms with Crippen LogP contribution in [0.4, 0.5) is 27.9 Å². The zero-order valence-electron chi connectivity index (χ0n) is 19.5.